The first-order valence-corrected chi connectivity index (χ1v) is 8.33. The summed E-state index contributed by atoms with van der Waals surface area (Å²) in [4.78, 5) is 47.6. The second-order valence-corrected chi connectivity index (χ2v) is 6.32. The quantitative estimate of drug-likeness (QED) is 0.514. The van der Waals surface area contributed by atoms with E-state index in [0.29, 0.717) is 30.5 Å². The summed E-state index contributed by atoms with van der Waals surface area (Å²) in [6, 6.07) is 4.93. The molecule has 2 N–H and O–H groups in total. The van der Waals surface area contributed by atoms with Crippen LogP contribution in [0.1, 0.15) is 46.4 Å². The van der Waals surface area contributed by atoms with Crippen molar-refractivity contribution in [1.29, 1.82) is 0 Å². The molecule has 1 aromatic carbocycles. The third-order valence-electron chi connectivity index (χ3n) is 3.61. The molecule has 0 saturated carbocycles. The Morgan fingerprint density at radius 3 is 2.50 bits per heavy atom. The predicted molar refractivity (Wildman–Crippen MR) is 88.6 cm³/mol. The summed E-state index contributed by atoms with van der Waals surface area (Å²) in [6.45, 7) is 0.471. The van der Waals surface area contributed by atoms with Gasteiger partial charge in [0.1, 0.15) is 0 Å². The number of imide groups is 1. The maximum Gasteiger partial charge on any atom is 0.303 e. The van der Waals surface area contributed by atoms with Gasteiger partial charge in [0.25, 0.3) is 11.8 Å². The average Bonchev–Trinajstić information content (AvgIpc) is 2.76. The number of carboxylic acids is 1. The summed E-state index contributed by atoms with van der Waals surface area (Å²) in [5, 5.41) is 11.1. The van der Waals surface area contributed by atoms with Gasteiger partial charge in [0, 0.05) is 30.4 Å². The van der Waals surface area contributed by atoms with Gasteiger partial charge in [0.2, 0.25) is 5.91 Å². The van der Waals surface area contributed by atoms with E-state index in [2.05, 4.69) is 21.2 Å². The molecule has 1 aromatic rings. The number of benzene rings is 1. The molecule has 0 aromatic heterocycles. The normalized spacial score (nSPS) is 13.1. The Hall–Kier alpha value is -2.22. The molecule has 1 aliphatic rings. The smallest absolute Gasteiger partial charge is 0.303 e. The fraction of sp³-hybridized carbons (Fsp3) is 0.375. The number of halogens is 1. The number of aliphatic carboxylic acids is 1. The molecule has 0 atom stereocenters. The van der Waals surface area contributed by atoms with E-state index in [1.165, 1.54) is 0 Å². The van der Waals surface area contributed by atoms with E-state index in [4.69, 9.17) is 5.11 Å². The lowest BCUT2D eigenvalue weighted by Gasteiger charge is -2.13. The van der Waals surface area contributed by atoms with Crippen LogP contribution in [0, 0.1) is 0 Å². The highest BCUT2D eigenvalue weighted by Crippen LogP contribution is 2.26. The van der Waals surface area contributed by atoms with Gasteiger partial charge in [-0.05, 0) is 31.0 Å². The molecule has 0 spiro atoms. The minimum absolute atomic E-state index is 0.00484. The number of nitrogens with zero attached hydrogens (tertiary/aromatic N) is 1. The molecule has 3 amide bonds. The van der Waals surface area contributed by atoms with E-state index in [1.54, 1.807) is 18.2 Å². The minimum Gasteiger partial charge on any atom is -0.481 e. The monoisotopic (exact) mass is 396 g/mol. The zero-order chi connectivity index (χ0) is 17.7. The van der Waals surface area contributed by atoms with Gasteiger partial charge in [-0.2, -0.15) is 0 Å². The maximum absolute atomic E-state index is 12.2. The lowest BCUT2D eigenvalue weighted by molar-refractivity contribution is -0.137. The molecule has 8 heteroatoms. The summed E-state index contributed by atoms with van der Waals surface area (Å²) in [5.74, 6) is -1.82. The predicted octanol–water partition coefficient (Wildman–Crippen LogP) is 1.81. The molecule has 0 saturated heterocycles. The van der Waals surface area contributed by atoms with Crippen molar-refractivity contribution in [2.75, 3.05) is 13.1 Å². The van der Waals surface area contributed by atoms with Crippen molar-refractivity contribution >= 4 is 39.6 Å². The number of carbonyl (C=O) groups excluding carboxylic acids is 3. The fourth-order valence-corrected chi connectivity index (χ4v) is 2.78. The van der Waals surface area contributed by atoms with Crippen molar-refractivity contribution in [3.63, 3.8) is 0 Å². The molecule has 0 fully saturated rings. The van der Waals surface area contributed by atoms with Gasteiger partial charge in [-0.3, -0.25) is 24.1 Å². The molecule has 0 aliphatic carbocycles. The number of hydrogen-bond acceptors (Lipinski definition) is 4. The lowest BCUT2D eigenvalue weighted by Crippen LogP contribution is -2.32. The van der Waals surface area contributed by atoms with Crippen LogP contribution in [-0.2, 0) is 9.59 Å². The molecule has 1 aliphatic heterocycles. The standard InChI is InChI=1S/C16H17BrN2O5/c17-10-5-6-11-12(9-10)16(24)19(15(11)23)8-2-3-13(20)18-7-1-4-14(21)22/h5-6,9H,1-4,7-8H2,(H,18,20)(H,21,22). The molecular weight excluding hydrogens is 380 g/mol. The Balaban J connectivity index is 1.77. The van der Waals surface area contributed by atoms with Crippen LogP contribution < -0.4 is 5.32 Å². The van der Waals surface area contributed by atoms with Gasteiger partial charge in [0.15, 0.2) is 0 Å². The fourth-order valence-electron chi connectivity index (χ4n) is 2.42. The topological polar surface area (TPSA) is 104 Å². The molecule has 7 nitrogen and oxygen atoms in total. The Kier molecular flexibility index (Phi) is 6.08. The number of hydrogen-bond donors (Lipinski definition) is 2. The van der Waals surface area contributed by atoms with Crippen LogP contribution in [0.5, 0.6) is 0 Å². The minimum atomic E-state index is -0.901. The Morgan fingerprint density at radius 1 is 1.08 bits per heavy atom. The summed E-state index contributed by atoms with van der Waals surface area (Å²) in [6.07, 6.45) is 0.904. The number of amides is 3. The number of rotatable bonds is 8. The largest absolute Gasteiger partial charge is 0.481 e. The summed E-state index contributed by atoms with van der Waals surface area (Å²) >= 11 is 3.27. The SMILES string of the molecule is O=C(O)CCCNC(=O)CCCN1C(=O)c2ccc(Br)cc2C1=O. The molecule has 24 heavy (non-hydrogen) atoms. The third-order valence-corrected chi connectivity index (χ3v) is 4.10. The molecule has 2 rings (SSSR count). The van der Waals surface area contributed by atoms with Gasteiger partial charge in [-0.25, -0.2) is 0 Å². The van der Waals surface area contributed by atoms with Crippen molar-refractivity contribution in [1.82, 2.24) is 10.2 Å². The number of carbonyl (C=O) groups is 4. The van der Waals surface area contributed by atoms with Crippen molar-refractivity contribution in [3.05, 3.63) is 33.8 Å². The van der Waals surface area contributed by atoms with Crippen molar-refractivity contribution in [2.24, 2.45) is 0 Å². The first-order chi connectivity index (χ1) is 11.4. The van der Waals surface area contributed by atoms with Crippen LogP contribution in [0.25, 0.3) is 0 Å². The highest BCUT2D eigenvalue weighted by molar-refractivity contribution is 9.10. The second-order valence-electron chi connectivity index (χ2n) is 5.40. The number of nitrogens with one attached hydrogen (secondary N) is 1. The van der Waals surface area contributed by atoms with Crippen LogP contribution in [0.3, 0.4) is 0 Å². The molecule has 1 heterocycles. The van der Waals surface area contributed by atoms with Crippen LogP contribution in [0.2, 0.25) is 0 Å². The van der Waals surface area contributed by atoms with Gasteiger partial charge in [-0.15, -0.1) is 0 Å². The highest BCUT2D eigenvalue weighted by Gasteiger charge is 2.35. The van der Waals surface area contributed by atoms with Crippen molar-refractivity contribution in [3.8, 4) is 0 Å². The Labute approximate surface area is 147 Å². The van der Waals surface area contributed by atoms with Crippen LogP contribution in [0.4, 0.5) is 0 Å². The van der Waals surface area contributed by atoms with E-state index in [1.807, 2.05) is 0 Å². The number of carboxylic acid groups (broad SMARTS) is 1. The zero-order valence-electron chi connectivity index (χ0n) is 12.9. The van der Waals surface area contributed by atoms with E-state index < -0.39 is 5.97 Å². The molecule has 0 bridgehead atoms. The Morgan fingerprint density at radius 2 is 1.79 bits per heavy atom. The molecule has 128 valence electrons. The molecule has 0 radical (unpaired) electrons. The first-order valence-electron chi connectivity index (χ1n) is 7.54. The van der Waals surface area contributed by atoms with Crippen LogP contribution in [-0.4, -0.2) is 46.8 Å². The first kappa shape index (κ1) is 18.1. The zero-order valence-corrected chi connectivity index (χ0v) is 14.5. The van der Waals surface area contributed by atoms with E-state index >= 15 is 0 Å². The second kappa shape index (κ2) is 8.05. The average molecular weight is 397 g/mol. The molecular formula is C16H17BrN2O5. The van der Waals surface area contributed by atoms with Crippen LogP contribution in [0.15, 0.2) is 22.7 Å². The summed E-state index contributed by atoms with van der Waals surface area (Å²) < 4.78 is 0.727. The highest BCUT2D eigenvalue weighted by atomic mass is 79.9. The lowest BCUT2D eigenvalue weighted by atomic mass is 10.1. The van der Waals surface area contributed by atoms with Crippen molar-refractivity contribution in [2.45, 2.75) is 25.7 Å². The van der Waals surface area contributed by atoms with Gasteiger partial charge in [0.05, 0.1) is 11.1 Å². The van der Waals surface area contributed by atoms with Gasteiger partial charge >= 0.3 is 5.97 Å². The van der Waals surface area contributed by atoms with Crippen molar-refractivity contribution < 1.29 is 24.3 Å². The van der Waals surface area contributed by atoms with Gasteiger partial charge in [-0.1, -0.05) is 15.9 Å². The van der Waals surface area contributed by atoms with Crippen LogP contribution >= 0.6 is 15.9 Å². The Bertz CT molecular complexity index is 689. The molecule has 0 unspecified atom stereocenters. The van der Waals surface area contributed by atoms with E-state index in [9.17, 15) is 19.2 Å². The summed E-state index contributed by atoms with van der Waals surface area (Å²) in [5.41, 5.74) is 0.744. The maximum atomic E-state index is 12.2. The van der Waals surface area contributed by atoms with E-state index in [-0.39, 0.29) is 37.1 Å². The summed E-state index contributed by atoms with van der Waals surface area (Å²) in [7, 11) is 0. The third kappa shape index (κ3) is 4.41. The van der Waals surface area contributed by atoms with E-state index in [0.717, 1.165) is 9.37 Å². The number of fused-ring (bicyclic) bond motifs is 1. The van der Waals surface area contributed by atoms with Gasteiger partial charge < -0.3 is 10.4 Å².